The number of nitrogens with one attached hydrogen (secondary N) is 1. The van der Waals surface area contributed by atoms with Gasteiger partial charge in [-0.05, 0) is 34.1 Å². The zero-order chi connectivity index (χ0) is 14.7. The Morgan fingerprint density at radius 3 is 2.95 bits per heavy atom. The second kappa shape index (κ2) is 5.92. The van der Waals surface area contributed by atoms with Crippen LogP contribution in [0.25, 0.3) is 5.65 Å². The fourth-order valence-corrected chi connectivity index (χ4v) is 2.30. The van der Waals surface area contributed by atoms with Gasteiger partial charge in [-0.25, -0.2) is 0 Å². The van der Waals surface area contributed by atoms with E-state index in [1.165, 1.54) is 0 Å². The lowest BCUT2D eigenvalue weighted by Gasteiger charge is -2.08. The van der Waals surface area contributed by atoms with Gasteiger partial charge in [0.2, 0.25) is 0 Å². The second-order valence-corrected chi connectivity index (χ2v) is 5.20. The topological polar surface area (TPSA) is 68.5 Å². The van der Waals surface area contributed by atoms with Gasteiger partial charge in [-0.2, -0.15) is 0 Å². The maximum absolute atomic E-state index is 12.0. The van der Waals surface area contributed by atoms with E-state index < -0.39 is 0 Å². The summed E-state index contributed by atoms with van der Waals surface area (Å²) in [7, 11) is 0. The van der Waals surface area contributed by atoms with Gasteiger partial charge in [0.25, 0.3) is 5.91 Å². The number of para-hydroxylation sites is 1. The van der Waals surface area contributed by atoms with Crippen molar-refractivity contribution >= 4 is 33.2 Å². The molecule has 1 amide bonds. The largest absolute Gasteiger partial charge is 0.484 e. The number of benzene rings is 1. The first-order valence-electron chi connectivity index (χ1n) is 6.19. The van der Waals surface area contributed by atoms with Crippen molar-refractivity contribution in [1.29, 1.82) is 0 Å². The molecule has 0 unspecified atom stereocenters. The number of aromatic nitrogens is 3. The average Bonchev–Trinajstić information content (AvgIpc) is 2.94. The zero-order valence-corrected chi connectivity index (χ0v) is 12.4. The molecular weight excluding hydrogens is 336 g/mol. The highest BCUT2D eigenvalue weighted by Crippen LogP contribution is 2.20. The first kappa shape index (κ1) is 13.6. The van der Waals surface area contributed by atoms with Gasteiger partial charge in [0.05, 0.1) is 5.69 Å². The molecule has 0 aliphatic heterocycles. The first-order chi connectivity index (χ1) is 10.2. The molecule has 3 aromatic rings. The lowest BCUT2D eigenvalue weighted by Crippen LogP contribution is -2.20. The van der Waals surface area contributed by atoms with E-state index in [4.69, 9.17) is 4.74 Å². The fourth-order valence-electron chi connectivity index (χ4n) is 1.85. The monoisotopic (exact) mass is 346 g/mol. The maximum Gasteiger partial charge on any atom is 0.262 e. The zero-order valence-electron chi connectivity index (χ0n) is 10.9. The molecular formula is C14H11BrN4O2. The highest BCUT2D eigenvalue weighted by Gasteiger charge is 2.10. The summed E-state index contributed by atoms with van der Waals surface area (Å²) in [4.78, 5) is 12.0. The van der Waals surface area contributed by atoms with Crippen LogP contribution in [0.15, 0.2) is 53.4 Å². The predicted octanol–water partition coefficient (Wildman–Crippen LogP) is 2.51. The number of halogens is 1. The van der Waals surface area contributed by atoms with Crippen LogP contribution in [0.5, 0.6) is 5.75 Å². The maximum atomic E-state index is 12.0. The third kappa shape index (κ3) is 3.19. The third-order valence-corrected chi connectivity index (χ3v) is 3.18. The molecule has 106 valence electrons. The molecule has 6 nitrogen and oxygen atoms in total. The van der Waals surface area contributed by atoms with E-state index >= 15 is 0 Å². The van der Waals surface area contributed by atoms with Crippen LogP contribution in [0, 0.1) is 0 Å². The van der Waals surface area contributed by atoms with E-state index in [1.54, 1.807) is 28.9 Å². The number of pyridine rings is 1. The number of hydrogen-bond acceptors (Lipinski definition) is 4. The van der Waals surface area contributed by atoms with Crippen LogP contribution in [0.1, 0.15) is 0 Å². The number of nitrogens with zero attached hydrogens (tertiary/aromatic N) is 3. The molecule has 2 heterocycles. The summed E-state index contributed by atoms with van der Waals surface area (Å²) in [5.74, 6) is 0.386. The van der Waals surface area contributed by atoms with Gasteiger partial charge >= 0.3 is 0 Å². The van der Waals surface area contributed by atoms with Crippen LogP contribution in [-0.2, 0) is 4.79 Å². The molecule has 0 aliphatic carbocycles. The van der Waals surface area contributed by atoms with Gasteiger partial charge in [0.15, 0.2) is 12.3 Å². The molecule has 21 heavy (non-hydrogen) atoms. The van der Waals surface area contributed by atoms with E-state index in [0.29, 0.717) is 17.1 Å². The second-order valence-electron chi connectivity index (χ2n) is 4.28. The molecule has 0 aliphatic rings. The van der Waals surface area contributed by atoms with Crippen molar-refractivity contribution in [2.75, 3.05) is 11.9 Å². The van der Waals surface area contributed by atoms with Gasteiger partial charge in [-0.1, -0.05) is 18.2 Å². The molecule has 1 N–H and O–H groups in total. The lowest BCUT2D eigenvalue weighted by molar-refractivity contribution is -0.118. The summed E-state index contributed by atoms with van der Waals surface area (Å²) in [5.41, 5.74) is 1.15. The highest BCUT2D eigenvalue weighted by atomic mass is 79.9. The Balaban J connectivity index is 1.70. The van der Waals surface area contributed by atoms with Gasteiger partial charge in [-0.15, -0.1) is 10.2 Å². The SMILES string of the molecule is O=C(COc1ccccc1)Nc1cc(Br)cn2cnnc12. The smallest absolute Gasteiger partial charge is 0.262 e. The molecule has 0 spiro atoms. The van der Waals surface area contributed by atoms with Crippen molar-refractivity contribution in [3.63, 3.8) is 0 Å². The summed E-state index contributed by atoms with van der Waals surface area (Å²) in [6, 6.07) is 10.9. The van der Waals surface area contributed by atoms with E-state index in [0.717, 1.165) is 4.47 Å². The number of anilines is 1. The molecule has 3 rings (SSSR count). The fraction of sp³-hybridized carbons (Fsp3) is 0.0714. The quantitative estimate of drug-likeness (QED) is 0.788. The molecule has 0 saturated carbocycles. The first-order valence-corrected chi connectivity index (χ1v) is 6.98. The molecule has 0 fully saturated rings. The summed E-state index contributed by atoms with van der Waals surface area (Å²) < 4.78 is 7.93. The van der Waals surface area contributed by atoms with Crippen molar-refractivity contribution < 1.29 is 9.53 Å². The normalized spacial score (nSPS) is 10.5. The number of amides is 1. The number of ether oxygens (including phenoxy) is 1. The molecule has 7 heteroatoms. The predicted molar refractivity (Wildman–Crippen MR) is 81.3 cm³/mol. The van der Waals surface area contributed by atoms with Gasteiger partial charge in [0, 0.05) is 10.7 Å². The van der Waals surface area contributed by atoms with Crippen molar-refractivity contribution in [1.82, 2.24) is 14.6 Å². The minimum atomic E-state index is -0.262. The van der Waals surface area contributed by atoms with Gasteiger partial charge in [-0.3, -0.25) is 9.20 Å². The number of carbonyl (C=O) groups excluding carboxylic acids is 1. The summed E-state index contributed by atoms with van der Waals surface area (Å²) in [6.45, 7) is -0.0726. The van der Waals surface area contributed by atoms with Crippen LogP contribution in [0.3, 0.4) is 0 Å². The van der Waals surface area contributed by atoms with Gasteiger partial charge < -0.3 is 10.1 Å². The number of carbonyl (C=O) groups is 1. The standard InChI is InChI=1S/C14H11BrN4O2/c15-10-6-12(14-18-16-9-19(14)7-10)17-13(20)8-21-11-4-2-1-3-5-11/h1-7,9H,8H2,(H,17,20). The van der Waals surface area contributed by atoms with E-state index in [-0.39, 0.29) is 12.5 Å². The lowest BCUT2D eigenvalue weighted by atomic mass is 10.3. The summed E-state index contributed by atoms with van der Waals surface area (Å²) in [5, 5.41) is 10.5. The van der Waals surface area contributed by atoms with Crippen LogP contribution in [-0.4, -0.2) is 27.1 Å². The van der Waals surface area contributed by atoms with Crippen LogP contribution in [0.2, 0.25) is 0 Å². The molecule has 0 radical (unpaired) electrons. The van der Waals surface area contributed by atoms with E-state index in [2.05, 4.69) is 31.4 Å². The molecule has 0 bridgehead atoms. The molecule has 2 aromatic heterocycles. The number of hydrogen-bond donors (Lipinski definition) is 1. The Morgan fingerprint density at radius 2 is 2.14 bits per heavy atom. The van der Waals surface area contributed by atoms with E-state index in [1.807, 2.05) is 24.4 Å². The van der Waals surface area contributed by atoms with Gasteiger partial charge in [0.1, 0.15) is 12.1 Å². The Kier molecular flexibility index (Phi) is 3.83. The molecule has 0 saturated heterocycles. The highest BCUT2D eigenvalue weighted by molar-refractivity contribution is 9.10. The Hall–Kier alpha value is -2.41. The third-order valence-electron chi connectivity index (χ3n) is 2.75. The Labute approximate surface area is 128 Å². The van der Waals surface area contributed by atoms with Crippen LogP contribution in [0.4, 0.5) is 5.69 Å². The van der Waals surface area contributed by atoms with Crippen molar-refractivity contribution in [2.45, 2.75) is 0 Å². The molecule has 1 aromatic carbocycles. The van der Waals surface area contributed by atoms with Crippen molar-refractivity contribution in [3.8, 4) is 5.75 Å². The van der Waals surface area contributed by atoms with Crippen molar-refractivity contribution in [3.05, 3.63) is 53.4 Å². The minimum absolute atomic E-state index is 0.0726. The van der Waals surface area contributed by atoms with E-state index in [9.17, 15) is 4.79 Å². The Bertz CT molecular complexity index is 773. The number of rotatable bonds is 4. The van der Waals surface area contributed by atoms with Crippen LogP contribution < -0.4 is 10.1 Å². The summed E-state index contributed by atoms with van der Waals surface area (Å²) in [6.07, 6.45) is 3.38. The Morgan fingerprint density at radius 1 is 1.33 bits per heavy atom. The van der Waals surface area contributed by atoms with Crippen molar-refractivity contribution in [2.24, 2.45) is 0 Å². The summed E-state index contributed by atoms with van der Waals surface area (Å²) >= 11 is 3.37. The average molecular weight is 347 g/mol. The molecule has 0 atom stereocenters. The minimum Gasteiger partial charge on any atom is -0.484 e. The number of fused-ring (bicyclic) bond motifs is 1. The van der Waals surface area contributed by atoms with Crippen LogP contribution >= 0.6 is 15.9 Å².